The zero-order chi connectivity index (χ0) is 12.3. The van der Waals surface area contributed by atoms with Crippen molar-refractivity contribution in [3.05, 3.63) is 0 Å². The maximum absolute atomic E-state index is 11.9. The highest BCUT2D eigenvalue weighted by atomic mass is 32.2. The summed E-state index contributed by atoms with van der Waals surface area (Å²) in [7, 11) is -3.88. The maximum Gasteiger partial charge on any atom is 0.390 e. The van der Waals surface area contributed by atoms with Gasteiger partial charge in [0.25, 0.3) is 0 Å². The van der Waals surface area contributed by atoms with E-state index < -0.39 is 40.5 Å². The minimum absolute atomic E-state index is 0.631. The number of alkyl halides is 3. The summed E-state index contributed by atoms with van der Waals surface area (Å²) in [6.07, 6.45) is -5.64. The van der Waals surface area contributed by atoms with E-state index in [1.54, 1.807) is 0 Å². The van der Waals surface area contributed by atoms with Crippen LogP contribution in [0.2, 0.25) is 0 Å². The standard InChI is InChI=1S/C7H14F3NO3S/c1-5(3-7(8,9)10)11-15(13,14)6(2)4-12/h5-6,11-12H,3-4H2,1-2H3. The molecule has 0 rings (SSSR count). The molecule has 0 aromatic rings. The van der Waals surface area contributed by atoms with Crippen molar-refractivity contribution in [2.24, 2.45) is 0 Å². The number of aliphatic hydroxyl groups is 1. The number of aliphatic hydroxyl groups excluding tert-OH is 1. The van der Waals surface area contributed by atoms with Crippen LogP contribution in [-0.4, -0.2) is 37.6 Å². The molecule has 0 aliphatic heterocycles. The highest BCUT2D eigenvalue weighted by molar-refractivity contribution is 7.90. The van der Waals surface area contributed by atoms with Crippen molar-refractivity contribution in [1.29, 1.82) is 0 Å². The van der Waals surface area contributed by atoms with Crippen molar-refractivity contribution in [3.8, 4) is 0 Å². The predicted octanol–water partition coefficient (Wildman–Crippen LogP) is 0.627. The van der Waals surface area contributed by atoms with Gasteiger partial charge in [-0.1, -0.05) is 0 Å². The van der Waals surface area contributed by atoms with Crippen LogP contribution in [0.4, 0.5) is 13.2 Å². The second-order valence-corrected chi connectivity index (χ2v) is 5.51. The SMILES string of the molecule is CC(CC(F)(F)F)NS(=O)(=O)C(C)CO. The molecule has 0 aromatic heterocycles. The molecule has 0 fully saturated rings. The Kier molecular flexibility index (Phi) is 5.01. The summed E-state index contributed by atoms with van der Waals surface area (Å²) >= 11 is 0. The normalized spacial score (nSPS) is 17.5. The van der Waals surface area contributed by atoms with Gasteiger partial charge in [0.2, 0.25) is 10.0 Å². The lowest BCUT2D eigenvalue weighted by Crippen LogP contribution is -2.41. The Bertz CT molecular complexity index is 288. The summed E-state index contributed by atoms with van der Waals surface area (Å²) in [5.74, 6) is 0. The fourth-order valence-corrected chi connectivity index (χ4v) is 1.96. The molecular weight excluding hydrogens is 235 g/mol. The molecule has 0 radical (unpaired) electrons. The zero-order valence-corrected chi connectivity index (χ0v) is 9.19. The molecule has 0 aliphatic rings. The smallest absolute Gasteiger partial charge is 0.390 e. The van der Waals surface area contributed by atoms with Crippen LogP contribution in [0.1, 0.15) is 20.3 Å². The second-order valence-electron chi connectivity index (χ2n) is 3.38. The van der Waals surface area contributed by atoms with Crippen molar-refractivity contribution >= 4 is 10.0 Å². The highest BCUT2D eigenvalue weighted by Crippen LogP contribution is 2.21. The third-order valence-corrected chi connectivity index (χ3v) is 3.63. The molecule has 15 heavy (non-hydrogen) atoms. The molecule has 2 unspecified atom stereocenters. The average molecular weight is 249 g/mol. The monoisotopic (exact) mass is 249 g/mol. The fraction of sp³-hybridized carbons (Fsp3) is 1.00. The Morgan fingerprint density at radius 3 is 2.13 bits per heavy atom. The third-order valence-electron chi connectivity index (χ3n) is 1.69. The van der Waals surface area contributed by atoms with Crippen molar-refractivity contribution in [1.82, 2.24) is 4.72 Å². The zero-order valence-electron chi connectivity index (χ0n) is 8.37. The molecule has 0 spiro atoms. The van der Waals surface area contributed by atoms with Gasteiger partial charge < -0.3 is 5.11 Å². The fourth-order valence-electron chi connectivity index (χ4n) is 0.884. The number of sulfonamides is 1. The van der Waals surface area contributed by atoms with E-state index in [1.807, 2.05) is 4.72 Å². The van der Waals surface area contributed by atoms with Crippen LogP contribution in [-0.2, 0) is 10.0 Å². The Balaban J connectivity index is 4.36. The lowest BCUT2D eigenvalue weighted by molar-refractivity contribution is -0.137. The molecule has 0 aliphatic carbocycles. The maximum atomic E-state index is 11.9. The van der Waals surface area contributed by atoms with Gasteiger partial charge in [0, 0.05) is 6.04 Å². The van der Waals surface area contributed by atoms with Crippen molar-refractivity contribution < 1.29 is 26.7 Å². The number of halogens is 3. The van der Waals surface area contributed by atoms with Crippen LogP contribution >= 0.6 is 0 Å². The van der Waals surface area contributed by atoms with Crippen LogP contribution in [0.25, 0.3) is 0 Å². The summed E-state index contributed by atoms with van der Waals surface area (Å²) < 4.78 is 59.9. The Labute approximate surface area is 86.5 Å². The van der Waals surface area contributed by atoms with Crippen molar-refractivity contribution in [2.75, 3.05) is 6.61 Å². The van der Waals surface area contributed by atoms with Gasteiger partial charge in [-0.05, 0) is 13.8 Å². The molecule has 92 valence electrons. The Morgan fingerprint density at radius 1 is 1.33 bits per heavy atom. The third kappa shape index (κ3) is 5.95. The largest absolute Gasteiger partial charge is 0.395 e. The van der Waals surface area contributed by atoms with Crippen LogP contribution in [0.5, 0.6) is 0 Å². The first-order chi connectivity index (χ1) is 6.58. The first-order valence-corrected chi connectivity index (χ1v) is 5.82. The number of rotatable bonds is 5. The minimum Gasteiger partial charge on any atom is -0.395 e. The van der Waals surface area contributed by atoms with Gasteiger partial charge in [-0.15, -0.1) is 0 Å². The molecule has 0 bridgehead atoms. The highest BCUT2D eigenvalue weighted by Gasteiger charge is 2.32. The van der Waals surface area contributed by atoms with Gasteiger partial charge in [-0.2, -0.15) is 13.2 Å². The van der Waals surface area contributed by atoms with Crippen molar-refractivity contribution in [2.45, 2.75) is 37.7 Å². The van der Waals surface area contributed by atoms with Gasteiger partial charge in [0.05, 0.1) is 18.3 Å². The van der Waals surface area contributed by atoms with Gasteiger partial charge >= 0.3 is 6.18 Å². The molecule has 4 nitrogen and oxygen atoms in total. The van der Waals surface area contributed by atoms with Gasteiger partial charge in [-0.25, -0.2) is 13.1 Å². The number of nitrogens with one attached hydrogen (secondary N) is 1. The van der Waals surface area contributed by atoms with E-state index in [2.05, 4.69) is 0 Å². The van der Waals surface area contributed by atoms with Gasteiger partial charge in [-0.3, -0.25) is 0 Å². The summed E-state index contributed by atoms with van der Waals surface area (Å²) in [5, 5.41) is 7.46. The Morgan fingerprint density at radius 2 is 1.80 bits per heavy atom. The first-order valence-electron chi connectivity index (χ1n) is 4.27. The lowest BCUT2D eigenvalue weighted by Gasteiger charge is -2.18. The van der Waals surface area contributed by atoms with E-state index in [0.29, 0.717) is 0 Å². The van der Waals surface area contributed by atoms with E-state index in [1.165, 1.54) is 6.92 Å². The van der Waals surface area contributed by atoms with Gasteiger partial charge in [0.15, 0.2) is 0 Å². The van der Waals surface area contributed by atoms with Crippen LogP contribution in [0, 0.1) is 0 Å². The average Bonchev–Trinajstić information content (AvgIpc) is 1.97. The second kappa shape index (κ2) is 5.13. The molecule has 2 atom stereocenters. The molecule has 0 heterocycles. The van der Waals surface area contributed by atoms with E-state index in [4.69, 9.17) is 5.11 Å². The molecule has 0 aromatic carbocycles. The van der Waals surface area contributed by atoms with Crippen LogP contribution < -0.4 is 4.72 Å². The Hall–Kier alpha value is -0.340. The molecule has 2 N–H and O–H groups in total. The molecule has 0 amide bonds. The number of hydrogen-bond acceptors (Lipinski definition) is 3. The van der Waals surface area contributed by atoms with E-state index in [9.17, 15) is 21.6 Å². The first kappa shape index (κ1) is 14.7. The summed E-state index contributed by atoms with van der Waals surface area (Å²) in [6.45, 7) is 1.70. The van der Waals surface area contributed by atoms with E-state index in [0.717, 1.165) is 6.92 Å². The predicted molar refractivity (Wildman–Crippen MR) is 48.7 cm³/mol. The molecule has 0 saturated heterocycles. The van der Waals surface area contributed by atoms with Gasteiger partial charge in [0.1, 0.15) is 0 Å². The lowest BCUT2D eigenvalue weighted by atomic mass is 10.2. The van der Waals surface area contributed by atoms with Crippen LogP contribution in [0.3, 0.4) is 0 Å². The van der Waals surface area contributed by atoms with Crippen LogP contribution in [0.15, 0.2) is 0 Å². The van der Waals surface area contributed by atoms with E-state index >= 15 is 0 Å². The summed E-state index contributed by atoms with van der Waals surface area (Å²) in [6, 6.07) is -1.23. The topological polar surface area (TPSA) is 66.4 Å². The summed E-state index contributed by atoms with van der Waals surface area (Å²) in [4.78, 5) is 0. The van der Waals surface area contributed by atoms with Crippen molar-refractivity contribution in [3.63, 3.8) is 0 Å². The molecular formula is C7H14F3NO3S. The quantitative estimate of drug-likeness (QED) is 0.751. The van der Waals surface area contributed by atoms with E-state index in [-0.39, 0.29) is 0 Å². The molecule has 0 saturated carbocycles. The minimum atomic E-state index is -4.41. The molecule has 8 heteroatoms. The summed E-state index contributed by atoms with van der Waals surface area (Å²) in [5.41, 5.74) is 0. The number of hydrogen-bond donors (Lipinski definition) is 2.